The van der Waals surface area contributed by atoms with Crippen molar-refractivity contribution in [2.24, 2.45) is 5.73 Å². The molecule has 4 rings (SSSR count). The van der Waals surface area contributed by atoms with E-state index in [9.17, 15) is 9.59 Å². The van der Waals surface area contributed by atoms with E-state index < -0.39 is 5.91 Å². The van der Waals surface area contributed by atoms with Crippen LogP contribution >= 0.6 is 0 Å². The van der Waals surface area contributed by atoms with E-state index in [1.165, 1.54) is 17.0 Å². The number of nitrogens with two attached hydrogens (primary N) is 1. The maximum atomic E-state index is 13.1. The van der Waals surface area contributed by atoms with Gasteiger partial charge in [-0.15, -0.1) is 0 Å². The second-order valence-corrected chi connectivity index (χ2v) is 6.88. The van der Waals surface area contributed by atoms with Crippen LogP contribution in [0, 0.1) is 0 Å². The summed E-state index contributed by atoms with van der Waals surface area (Å²) in [7, 11) is 0. The Labute approximate surface area is 172 Å². The maximum Gasteiger partial charge on any atom is 0.271 e. The summed E-state index contributed by atoms with van der Waals surface area (Å²) in [4.78, 5) is 33.3. The second kappa shape index (κ2) is 8.20. The first-order valence-corrected chi connectivity index (χ1v) is 9.63. The molecule has 0 saturated carbocycles. The van der Waals surface area contributed by atoms with Crippen LogP contribution in [0.25, 0.3) is 17.1 Å². The van der Waals surface area contributed by atoms with Gasteiger partial charge >= 0.3 is 0 Å². The van der Waals surface area contributed by atoms with Crippen molar-refractivity contribution in [1.29, 1.82) is 0 Å². The molecule has 1 atom stereocenters. The predicted octanol–water partition coefficient (Wildman–Crippen LogP) is 3.01. The number of benzene rings is 1. The van der Waals surface area contributed by atoms with Gasteiger partial charge in [-0.1, -0.05) is 37.3 Å². The zero-order valence-corrected chi connectivity index (χ0v) is 16.4. The Kier molecular flexibility index (Phi) is 5.30. The van der Waals surface area contributed by atoms with Crippen LogP contribution in [-0.2, 0) is 0 Å². The Hall–Kier alpha value is -3.94. The monoisotopic (exact) mass is 403 g/mol. The fraction of sp³-hybridized carbons (Fsp3) is 0.182. The van der Waals surface area contributed by atoms with Gasteiger partial charge in [0.2, 0.25) is 0 Å². The van der Waals surface area contributed by atoms with Gasteiger partial charge in [-0.2, -0.15) is 0 Å². The Morgan fingerprint density at radius 3 is 2.67 bits per heavy atom. The minimum atomic E-state index is -0.719. The van der Waals surface area contributed by atoms with Gasteiger partial charge in [-0.25, -0.2) is 9.97 Å². The summed E-state index contributed by atoms with van der Waals surface area (Å²) in [5.74, 6) is -0.374. The summed E-state index contributed by atoms with van der Waals surface area (Å²) >= 11 is 0. The highest BCUT2D eigenvalue weighted by atomic mass is 16.3. The Morgan fingerprint density at radius 2 is 2.00 bits per heavy atom. The van der Waals surface area contributed by atoms with E-state index >= 15 is 0 Å². The number of nitrogens with one attached hydrogen (secondary N) is 1. The number of hydrogen-bond donors (Lipinski definition) is 2. The average molecular weight is 403 g/mol. The second-order valence-electron chi connectivity index (χ2n) is 6.88. The number of aromatic nitrogens is 3. The fourth-order valence-corrected chi connectivity index (χ4v) is 3.40. The van der Waals surface area contributed by atoms with Crippen LogP contribution in [0.5, 0.6) is 0 Å². The minimum Gasteiger partial charge on any atom is -0.463 e. The molecule has 4 aromatic rings. The van der Waals surface area contributed by atoms with E-state index in [1.807, 2.05) is 18.2 Å². The van der Waals surface area contributed by atoms with Crippen molar-refractivity contribution in [3.05, 3.63) is 78.1 Å². The number of primary amides is 1. The molecule has 0 saturated heterocycles. The van der Waals surface area contributed by atoms with Crippen LogP contribution in [0.15, 0.2) is 65.5 Å². The van der Waals surface area contributed by atoms with Crippen molar-refractivity contribution >= 4 is 17.5 Å². The zero-order chi connectivity index (χ0) is 21.1. The van der Waals surface area contributed by atoms with E-state index in [1.54, 1.807) is 18.2 Å². The van der Waals surface area contributed by atoms with Crippen LogP contribution in [0.1, 0.15) is 45.8 Å². The lowest BCUT2D eigenvalue weighted by molar-refractivity contribution is 0.0942. The molecule has 152 valence electrons. The van der Waals surface area contributed by atoms with Gasteiger partial charge in [-0.05, 0) is 30.2 Å². The normalized spacial score (nSPS) is 12.0. The summed E-state index contributed by atoms with van der Waals surface area (Å²) < 4.78 is 6.88. The molecule has 3 N–H and O–H groups in total. The number of imidazole rings is 1. The first kappa shape index (κ1) is 19.4. The van der Waals surface area contributed by atoms with Crippen LogP contribution in [0.2, 0.25) is 0 Å². The highest BCUT2D eigenvalue weighted by Crippen LogP contribution is 2.22. The number of carbonyl (C=O) groups excluding carboxylic acids is 2. The summed E-state index contributed by atoms with van der Waals surface area (Å²) in [5.41, 5.74) is 7.48. The molecule has 8 nitrogen and oxygen atoms in total. The van der Waals surface area contributed by atoms with E-state index in [-0.39, 0.29) is 28.9 Å². The number of carbonyl (C=O) groups is 2. The molecule has 3 aromatic heterocycles. The number of amides is 2. The topological polar surface area (TPSA) is 116 Å². The third kappa shape index (κ3) is 3.67. The fourth-order valence-electron chi connectivity index (χ4n) is 3.40. The molecule has 0 fully saturated rings. The molecule has 2 amide bonds. The van der Waals surface area contributed by atoms with Crippen molar-refractivity contribution in [1.82, 2.24) is 19.7 Å². The van der Waals surface area contributed by atoms with Gasteiger partial charge in [0.15, 0.2) is 17.1 Å². The van der Waals surface area contributed by atoms with Crippen LogP contribution < -0.4 is 11.1 Å². The molecule has 3 heterocycles. The quantitative estimate of drug-likeness (QED) is 0.492. The summed E-state index contributed by atoms with van der Waals surface area (Å²) in [6, 6.07) is 15.1. The van der Waals surface area contributed by atoms with Crippen LogP contribution in [0.3, 0.4) is 0 Å². The van der Waals surface area contributed by atoms with E-state index in [2.05, 4.69) is 34.3 Å². The minimum absolute atomic E-state index is 0.00632. The summed E-state index contributed by atoms with van der Waals surface area (Å²) in [6.07, 6.45) is 3.76. The molecule has 30 heavy (non-hydrogen) atoms. The van der Waals surface area contributed by atoms with Crippen molar-refractivity contribution in [2.75, 3.05) is 6.54 Å². The Balaban J connectivity index is 1.68. The standard InChI is InChI=1S/C22H21N5O3/c1-2-14(15-7-4-3-5-8-15)12-24-22(29)17-11-16(18-9-6-10-30-18)26-21-19(20(23)28)25-13-27(17)21/h3-11,13-14H,2,12H2,1H3,(H2,23,28)(H,24,29)/t14-/m1/s1. The molecule has 0 spiro atoms. The smallest absolute Gasteiger partial charge is 0.271 e. The molecule has 0 aliphatic carbocycles. The molecule has 0 unspecified atom stereocenters. The van der Waals surface area contributed by atoms with Gasteiger partial charge in [0.25, 0.3) is 11.8 Å². The zero-order valence-electron chi connectivity index (χ0n) is 16.4. The van der Waals surface area contributed by atoms with Gasteiger partial charge in [-0.3, -0.25) is 14.0 Å². The van der Waals surface area contributed by atoms with Gasteiger partial charge < -0.3 is 15.5 Å². The maximum absolute atomic E-state index is 13.1. The van der Waals surface area contributed by atoms with Crippen molar-refractivity contribution in [3.63, 3.8) is 0 Å². The number of hydrogen-bond acceptors (Lipinski definition) is 5. The molecule has 0 aliphatic heterocycles. The summed E-state index contributed by atoms with van der Waals surface area (Å²) in [6.45, 7) is 2.55. The van der Waals surface area contributed by atoms with E-state index in [4.69, 9.17) is 10.2 Å². The van der Waals surface area contributed by atoms with E-state index in [0.29, 0.717) is 18.0 Å². The molecular weight excluding hydrogens is 382 g/mol. The molecular formula is C22H21N5O3. The largest absolute Gasteiger partial charge is 0.463 e. The molecule has 0 radical (unpaired) electrons. The Bertz CT molecular complexity index is 1180. The van der Waals surface area contributed by atoms with E-state index in [0.717, 1.165) is 12.0 Å². The highest BCUT2D eigenvalue weighted by molar-refractivity contribution is 5.99. The number of furan rings is 1. The van der Waals surface area contributed by atoms with Crippen LogP contribution in [-0.4, -0.2) is 32.7 Å². The van der Waals surface area contributed by atoms with Crippen molar-refractivity contribution < 1.29 is 14.0 Å². The molecule has 1 aromatic carbocycles. The molecule has 0 bridgehead atoms. The Morgan fingerprint density at radius 1 is 1.20 bits per heavy atom. The van der Waals surface area contributed by atoms with Gasteiger partial charge in [0.1, 0.15) is 17.7 Å². The first-order valence-electron chi connectivity index (χ1n) is 9.63. The number of fused-ring (bicyclic) bond motifs is 1. The lowest BCUT2D eigenvalue weighted by Crippen LogP contribution is -2.30. The van der Waals surface area contributed by atoms with Crippen molar-refractivity contribution in [3.8, 4) is 11.5 Å². The summed E-state index contributed by atoms with van der Waals surface area (Å²) in [5, 5.41) is 2.99. The van der Waals surface area contributed by atoms with Crippen molar-refractivity contribution in [2.45, 2.75) is 19.3 Å². The lowest BCUT2D eigenvalue weighted by Gasteiger charge is -2.16. The van der Waals surface area contributed by atoms with Crippen LogP contribution in [0.4, 0.5) is 0 Å². The average Bonchev–Trinajstić information content (AvgIpc) is 3.44. The highest BCUT2D eigenvalue weighted by Gasteiger charge is 2.21. The van der Waals surface area contributed by atoms with Gasteiger partial charge in [0.05, 0.1) is 6.26 Å². The predicted molar refractivity (Wildman–Crippen MR) is 111 cm³/mol. The van der Waals surface area contributed by atoms with Gasteiger partial charge in [0, 0.05) is 12.5 Å². The third-order valence-corrected chi connectivity index (χ3v) is 5.01. The first-order chi connectivity index (χ1) is 14.6. The molecule has 0 aliphatic rings. The third-order valence-electron chi connectivity index (χ3n) is 5.01. The number of nitrogens with zero attached hydrogens (tertiary/aromatic N) is 3. The number of rotatable bonds is 7. The molecule has 8 heteroatoms. The lowest BCUT2D eigenvalue weighted by atomic mass is 9.96. The SMILES string of the molecule is CC[C@H](CNC(=O)c1cc(-c2ccco2)nc2c(C(N)=O)ncn12)c1ccccc1.